The standard InChI is InChI=1S/C12H17NOS2/c1-3-4-7-15-10-12(14)13(2)9-11-6-5-8-16-11/h3-6,8H,7,9-10H2,1-2H3/b4-3+. The zero-order chi connectivity index (χ0) is 11.8. The molecule has 1 heterocycles. The lowest BCUT2D eigenvalue weighted by molar-refractivity contribution is -0.127. The molecule has 0 fully saturated rings. The van der Waals surface area contributed by atoms with Gasteiger partial charge in [0.2, 0.25) is 5.91 Å². The van der Waals surface area contributed by atoms with Crippen LogP contribution in [-0.4, -0.2) is 29.4 Å². The van der Waals surface area contributed by atoms with Crippen molar-refractivity contribution < 1.29 is 4.79 Å². The summed E-state index contributed by atoms with van der Waals surface area (Å²) in [6, 6.07) is 4.07. The minimum atomic E-state index is 0.197. The van der Waals surface area contributed by atoms with Crippen LogP contribution in [0.15, 0.2) is 29.7 Å². The molecule has 0 spiro atoms. The molecule has 4 heteroatoms. The number of amides is 1. The predicted molar refractivity (Wildman–Crippen MR) is 72.9 cm³/mol. The van der Waals surface area contributed by atoms with Crippen molar-refractivity contribution >= 4 is 29.0 Å². The second-order valence-electron chi connectivity index (χ2n) is 3.41. The van der Waals surface area contributed by atoms with Crippen LogP contribution < -0.4 is 0 Å². The Hall–Kier alpha value is -0.740. The normalized spacial score (nSPS) is 10.9. The number of allylic oxidation sites excluding steroid dienone is 1. The lowest BCUT2D eigenvalue weighted by atomic mass is 10.4. The van der Waals surface area contributed by atoms with Crippen LogP contribution in [0.1, 0.15) is 11.8 Å². The zero-order valence-electron chi connectivity index (χ0n) is 9.68. The third-order valence-corrected chi connectivity index (χ3v) is 3.81. The second-order valence-corrected chi connectivity index (χ2v) is 5.48. The summed E-state index contributed by atoms with van der Waals surface area (Å²) >= 11 is 3.34. The molecule has 0 N–H and O–H groups in total. The number of nitrogens with zero attached hydrogens (tertiary/aromatic N) is 1. The fourth-order valence-electron chi connectivity index (χ4n) is 1.15. The molecule has 0 saturated heterocycles. The third kappa shape index (κ3) is 4.86. The molecule has 1 amide bonds. The van der Waals surface area contributed by atoms with Crippen LogP contribution in [0.3, 0.4) is 0 Å². The van der Waals surface area contributed by atoms with Gasteiger partial charge in [-0.3, -0.25) is 4.79 Å². The number of thioether (sulfide) groups is 1. The number of rotatable bonds is 6. The number of hydrogen-bond donors (Lipinski definition) is 0. The van der Waals surface area contributed by atoms with Gasteiger partial charge in [0.1, 0.15) is 0 Å². The van der Waals surface area contributed by atoms with E-state index in [0.717, 1.165) is 12.3 Å². The van der Waals surface area contributed by atoms with Gasteiger partial charge in [-0.25, -0.2) is 0 Å². The molecule has 0 saturated carbocycles. The Balaban J connectivity index is 2.25. The van der Waals surface area contributed by atoms with Crippen LogP contribution in [0.4, 0.5) is 0 Å². The maximum atomic E-state index is 11.7. The fraction of sp³-hybridized carbons (Fsp3) is 0.417. The van der Waals surface area contributed by atoms with Crippen molar-refractivity contribution in [2.45, 2.75) is 13.5 Å². The van der Waals surface area contributed by atoms with E-state index in [1.165, 1.54) is 4.88 Å². The van der Waals surface area contributed by atoms with E-state index in [1.807, 2.05) is 31.5 Å². The van der Waals surface area contributed by atoms with E-state index in [4.69, 9.17) is 0 Å². The number of carbonyl (C=O) groups excluding carboxylic acids is 1. The summed E-state index contributed by atoms with van der Waals surface area (Å²) in [6.45, 7) is 2.71. The molecule has 88 valence electrons. The fourth-order valence-corrected chi connectivity index (χ4v) is 2.74. The van der Waals surface area contributed by atoms with Crippen LogP contribution in [-0.2, 0) is 11.3 Å². The summed E-state index contributed by atoms with van der Waals surface area (Å²) in [5.74, 6) is 1.67. The van der Waals surface area contributed by atoms with E-state index < -0.39 is 0 Å². The highest BCUT2D eigenvalue weighted by Gasteiger charge is 2.08. The smallest absolute Gasteiger partial charge is 0.232 e. The summed E-state index contributed by atoms with van der Waals surface area (Å²) in [4.78, 5) is 14.7. The van der Waals surface area contributed by atoms with Crippen LogP contribution >= 0.6 is 23.1 Å². The van der Waals surface area contributed by atoms with Crippen molar-refractivity contribution in [2.24, 2.45) is 0 Å². The van der Waals surface area contributed by atoms with E-state index in [9.17, 15) is 4.79 Å². The molecule has 1 aromatic rings. The van der Waals surface area contributed by atoms with Crippen molar-refractivity contribution in [1.82, 2.24) is 4.90 Å². The zero-order valence-corrected chi connectivity index (χ0v) is 11.3. The first-order valence-corrected chi connectivity index (χ1v) is 7.22. The molecular weight excluding hydrogens is 238 g/mol. The summed E-state index contributed by atoms with van der Waals surface area (Å²) < 4.78 is 0. The molecule has 2 nitrogen and oxygen atoms in total. The highest BCUT2D eigenvalue weighted by atomic mass is 32.2. The maximum Gasteiger partial charge on any atom is 0.232 e. The second kappa shape index (κ2) is 7.52. The Kier molecular flexibility index (Phi) is 6.26. The first-order valence-electron chi connectivity index (χ1n) is 5.19. The average molecular weight is 255 g/mol. The van der Waals surface area contributed by atoms with Gasteiger partial charge in [0.15, 0.2) is 0 Å². The van der Waals surface area contributed by atoms with Crippen LogP contribution in [0, 0.1) is 0 Å². The maximum absolute atomic E-state index is 11.7. The predicted octanol–water partition coefficient (Wildman–Crippen LogP) is 3.02. The summed E-state index contributed by atoms with van der Waals surface area (Å²) in [5.41, 5.74) is 0. The summed E-state index contributed by atoms with van der Waals surface area (Å²) in [7, 11) is 1.86. The van der Waals surface area contributed by atoms with Gasteiger partial charge in [-0.2, -0.15) is 0 Å². The number of thiophene rings is 1. The van der Waals surface area contributed by atoms with Gasteiger partial charge in [-0.05, 0) is 18.4 Å². The van der Waals surface area contributed by atoms with Gasteiger partial charge < -0.3 is 4.90 Å². The Bertz CT molecular complexity index is 333. The van der Waals surface area contributed by atoms with E-state index in [-0.39, 0.29) is 5.91 Å². The molecule has 1 rings (SSSR count). The van der Waals surface area contributed by atoms with Crippen molar-refractivity contribution in [3.63, 3.8) is 0 Å². The van der Waals surface area contributed by atoms with Crippen LogP contribution in [0.25, 0.3) is 0 Å². The lowest BCUT2D eigenvalue weighted by Crippen LogP contribution is -2.27. The molecule has 0 aliphatic carbocycles. The molecule has 0 bridgehead atoms. The molecule has 0 unspecified atom stereocenters. The molecule has 0 aromatic carbocycles. The first-order chi connectivity index (χ1) is 7.74. The first kappa shape index (κ1) is 13.3. The minimum absolute atomic E-state index is 0.197. The summed E-state index contributed by atoms with van der Waals surface area (Å²) in [5, 5.41) is 2.04. The molecule has 0 radical (unpaired) electrons. The Morgan fingerprint density at radius 1 is 1.62 bits per heavy atom. The molecule has 0 atom stereocenters. The Morgan fingerprint density at radius 3 is 3.06 bits per heavy atom. The van der Waals surface area contributed by atoms with Gasteiger partial charge in [-0.15, -0.1) is 23.1 Å². The average Bonchev–Trinajstić information content (AvgIpc) is 2.76. The van der Waals surface area contributed by atoms with Crippen molar-refractivity contribution in [1.29, 1.82) is 0 Å². The van der Waals surface area contributed by atoms with E-state index >= 15 is 0 Å². The SMILES string of the molecule is C/C=C/CSCC(=O)N(C)Cc1cccs1. The van der Waals surface area contributed by atoms with E-state index in [1.54, 1.807) is 28.0 Å². The monoisotopic (exact) mass is 255 g/mol. The van der Waals surface area contributed by atoms with Crippen LogP contribution in [0.2, 0.25) is 0 Å². The van der Waals surface area contributed by atoms with Crippen molar-refractivity contribution in [2.75, 3.05) is 18.6 Å². The van der Waals surface area contributed by atoms with Gasteiger partial charge in [-0.1, -0.05) is 18.2 Å². The topological polar surface area (TPSA) is 20.3 Å². The quantitative estimate of drug-likeness (QED) is 0.575. The van der Waals surface area contributed by atoms with E-state index in [2.05, 4.69) is 12.1 Å². The van der Waals surface area contributed by atoms with Gasteiger partial charge >= 0.3 is 0 Å². The van der Waals surface area contributed by atoms with Crippen LogP contribution in [0.5, 0.6) is 0 Å². The highest BCUT2D eigenvalue weighted by molar-refractivity contribution is 8.00. The van der Waals surface area contributed by atoms with Crippen molar-refractivity contribution in [3.8, 4) is 0 Å². The summed E-state index contributed by atoms with van der Waals surface area (Å²) in [6.07, 6.45) is 4.07. The minimum Gasteiger partial charge on any atom is -0.340 e. The highest BCUT2D eigenvalue weighted by Crippen LogP contribution is 2.12. The van der Waals surface area contributed by atoms with Gasteiger partial charge in [0.05, 0.1) is 12.3 Å². The molecule has 16 heavy (non-hydrogen) atoms. The Morgan fingerprint density at radius 2 is 2.44 bits per heavy atom. The Labute approximate surface area is 105 Å². The number of hydrogen-bond acceptors (Lipinski definition) is 3. The van der Waals surface area contributed by atoms with Gasteiger partial charge in [0, 0.05) is 17.7 Å². The van der Waals surface area contributed by atoms with E-state index in [0.29, 0.717) is 5.75 Å². The number of carbonyl (C=O) groups is 1. The molecular formula is C12H17NOS2. The van der Waals surface area contributed by atoms with Crippen molar-refractivity contribution in [3.05, 3.63) is 34.5 Å². The molecule has 1 aromatic heterocycles. The lowest BCUT2D eigenvalue weighted by Gasteiger charge is -2.15. The molecule has 0 aliphatic rings. The molecule has 0 aliphatic heterocycles. The third-order valence-electron chi connectivity index (χ3n) is 2.07. The van der Waals surface area contributed by atoms with Gasteiger partial charge in [0.25, 0.3) is 0 Å². The largest absolute Gasteiger partial charge is 0.340 e.